The van der Waals surface area contributed by atoms with Gasteiger partial charge in [0.2, 0.25) is 0 Å². The van der Waals surface area contributed by atoms with Gasteiger partial charge in [-0.15, -0.1) is 0 Å². The fraction of sp³-hybridized carbons (Fsp3) is 0.632. The van der Waals surface area contributed by atoms with Crippen molar-refractivity contribution in [2.45, 2.75) is 50.9 Å². The van der Waals surface area contributed by atoms with Crippen LogP contribution in [0, 0.1) is 5.82 Å². The van der Waals surface area contributed by atoms with E-state index in [2.05, 4.69) is 4.90 Å². The fourth-order valence-electron chi connectivity index (χ4n) is 3.93. The van der Waals surface area contributed by atoms with Gasteiger partial charge in [0, 0.05) is 39.0 Å². The minimum absolute atomic E-state index is 0.217. The van der Waals surface area contributed by atoms with Crippen molar-refractivity contribution in [3.63, 3.8) is 0 Å². The molecule has 1 unspecified atom stereocenters. The number of amides is 1. The summed E-state index contributed by atoms with van der Waals surface area (Å²) in [5, 5.41) is 11.0. The number of hydrogen-bond donors (Lipinski definition) is 1. The van der Waals surface area contributed by atoms with Gasteiger partial charge in [-0.25, -0.2) is 9.18 Å². The third-order valence-electron chi connectivity index (χ3n) is 5.63. The Hall–Kier alpha value is -1.66. The molecule has 0 aromatic heterocycles. The number of rotatable bonds is 5. The predicted molar refractivity (Wildman–Crippen MR) is 92.6 cm³/mol. The van der Waals surface area contributed by atoms with Crippen molar-refractivity contribution in [3.05, 3.63) is 35.6 Å². The predicted octanol–water partition coefficient (Wildman–Crippen LogP) is 2.77. The van der Waals surface area contributed by atoms with Crippen LogP contribution in [0.1, 0.15) is 38.7 Å². The van der Waals surface area contributed by atoms with Crippen molar-refractivity contribution in [2.24, 2.45) is 0 Å². The average molecular weight is 350 g/mol. The maximum Gasteiger partial charge on any atom is 0.412 e. The van der Waals surface area contributed by atoms with E-state index in [0.29, 0.717) is 19.4 Å². The van der Waals surface area contributed by atoms with Gasteiger partial charge in [-0.05, 0) is 37.5 Å². The van der Waals surface area contributed by atoms with Crippen LogP contribution >= 0.6 is 0 Å². The number of halogens is 1. The minimum atomic E-state index is -1.26. The summed E-state index contributed by atoms with van der Waals surface area (Å²) in [7, 11) is 0. The molecule has 2 heterocycles. The van der Waals surface area contributed by atoms with Crippen molar-refractivity contribution >= 4 is 6.09 Å². The van der Waals surface area contributed by atoms with Gasteiger partial charge in [0.05, 0.1) is 0 Å². The van der Waals surface area contributed by atoms with Crippen molar-refractivity contribution in [1.29, 1.82) is 0 Å². The van der Waals surface area contributed by atoms with E-state index in [1.807, 2.05) is 19.1 Å². The topological polar surface area (TPSA) is 53.0 Å². The number of nitrogens with zero attached hydrogens (tertiary/aromatic N) is 2. The SMILES string of the molecule is CCCN1C(=O)OC2(CCN(CCc3ccc(F)cc3)CC2)C1(C)O. The molecule has 2 aliphatic rings. The molecule has 138 valence electrons. The molecule has 1 aromatic rings. The van der Waals surface area contributed by atoms with Gasteiger partial charge in [0.15, 0.2) is 11.3 Å². The van der Waals surface area contributed by atoms with Gasteiger partial charge < -0.3 is 14.7 Å². The molecule has 3 rings (SSSR count). The Morgan fingerprint density at radius 3 is 2.44 bits per heavy atom. The van der Waals surface area contributed by atoms with E-state index >= 15 is 0 Å². The van der Waals surface area contributed by atoms with Gasteiger partial charge >= 0.3 is 6.09 Å². The van der Waals surface area contributed by atoms with E-state index in [-0.39, 0.29) is 5.82 Å². The number of piperidine rings is 1. The Labute approximate surface area is 148 Å². The molecule has 6 heteroatoms. The molecule has 5 nitrogen and oxygen atoms in total. The van der Waals surface area contributed by atoms with Crippen LogP contribution in [0.2, 0.25) is 0 Å². The molecule has 0 saturated carbocycles. The van der Waals surface area contributed by atoms with E-state index in [1.54, 1.807) is 6.92 Å². The summed E-state index contributed by atoms with van der Waals surface area (Å²) in [5.74, 6) is -0.217. The maximum absolute atomic E-state index is 13.0. The fourth-order valence-corrected chi connectivity index (χ4v) is 3.93. The van der Waals surface area contributed by atoms with Crippen LogP contribution in [0.4, 0.5) is 9.18 Å². The van der Waals surface area contributed by atoms with Crippen LogP contribution in [0.15, 0.2) is 24.3 Å². The molecule has 2 aliphatic heterocycles. The maximum atomic E-state index is 13.0. The molecule has 2 saturated heterocycles. The van der Waals surface area contributed by atoms with E-state index in [0.717, 1.165) is 38.0 Å². The summed E-state index contributed by atoms with van der Waals surface area (Å²) in [6.45, 7) is 6.58. The highest BCUT2D eigenvalue weighted by Gasteiger charge is 2.62. The lowest BCUT2D eigenvalue weighted by atomic mass is 9.82. The summed E-state index contributed by atoms with van der Waals surface area (Å²) in [5.41, 5.74) is -0.968. The highest BCUT2D eigenvalue weighted by atomic mass is 19.1. The quantitative estimate of drug-likeness (QED) is 0.887. The monoisotopic (exact) mass is 350 g/mol. The molecular formula is C19H27FN2O3. The summed E-state index contributed by atoms with van der Waals surface area (Å²) < 4.78 is 18.6. The molecule has 0 bridgehead atoms. The summed E-state index contributed by atoms with van der Waals surface area (Å²) in [4.78, 5) is 15.9. The van der Waals surface area contributed by atoms with Crippen LogP contribution in [0.3, 0.4) is 0 Å². The summed E-state index contributed by atoms with van der Waals surface area (Å²) in [6.07, 6.45) is 2.47. The molecule has 2 fully saturated rings. The van der Waals surface area contributed by atoms with Gasteiger partial charge in [0.1, 0.15) is 5.82 Å². The zero-order valence-electron chi connectivity index (χ0n) is 15.0. The molecular weight excluding hydrogens is 323 g/mol. The number of likely N-dealkylation sites (tertiary alicyclic amines) is 1. The third-order valence-corrected chi connectivity index (χ3v) is 5.63. The van der Waals surface area contributed by atoms with Gasteiger partial charge in [-0.1, -0.05) is 19.1 Å². The number of carbonyl (C=O) groups excluding carboxylic acids is 1. The lowest BCUT2D eigenvalue weighted by Crippen LogP contribution is -2.60. The molecule has 0 aliphatic carbocycles. The van der Waals surface area contributed by atoms with Crippen molar-refractivity contribution in [1.82, 2.24) is 9.80 Å². The van der Waals surface area contributed by atoms with Crippen LogP contribution in [-0.2, 0) is 11.2 Å². The normalized spacial score (nSPS) is 26.2. The summed E-state index contributed by atoms with van der Waals surface area (Å²) in [6, 6.07) is 6.59. The number of ether oxygens (including phenoxy) is 1. The second-order valence-electron chi connectivity index (χ2n) is 7.25. The molecule has 1 spiro atoms. The largest absolute Gasteiger partial charge is 0.437 e. The molecule has 1 aromatic carbocycles. The van der Waals surface area contributed by atoms with Crippen LogP contribution in [0.5, 0.6) is 0 Å². The average Bonchev–Trinajstić information content (AvgIpc) is 2.76. The second-order valence-corrected chi connectivity index (χ2v) is 7.25. The highest BCUT2D eigenvalue weighted by Crippen LogP contribution is 2.44. The Kier molecular flexibility index (Phi) is 5.02. The Bertz CT molecular complexity index is 610. The third kappa shape index (κ3) is 3.37. The lowest BCUT2D eigenvalue weighted by molar-refractivity contribution is -0.164. The smallest absolute Gasteiger partial charge is 0.412 e. The van der Waals surface area contributed by atoms with E-state index in [4.69, 9.17) is 4.74 Å². The standard InChI is InChI=1S/C19H27FN2O3/c1-3-11-22-17(23)25-19(18(22,2)24)9-13-21(14-10-19)12-8-15-4-6-16(20)7-5-15/h4-7,24H,3,8-14H2,1-2H3. The van der Waals surface area contributed by atoms with Gasteiger partial charge in [0.25, 0.3) is 0 Å². The minimum Gasteiger partial charge on any atom is -0.437 e. The Morgan fingerprint density at radius 1 is 1.20 bits per heavy atom. The first-order valence-electron chi connectivity index (χ1n) is 9.08. The summed E-state index contributed by atoms with van der Waals surface area (Å²) >= 11 is 0. The number of carbonyl (C=O) groups is 1. The first kappa shape index (κ1) is 18.1. The Balaban J connectivity index is 1.58. The highest BCUT2D eigenvalue weighted by molar-refractivity contribution is 5.72. The van der Waals surface area contributed by atoms with Gasteiger partial charge in [-0.2, -0.15) is 0 Å². The van der Waals surface area contributed by atoms with E-state index < -0.39 is 17.4 Å². The number of hydrogen-bond acceptors (Lipinski definition) is 4. The molecule has 1 N–H and O–H groups in total. The first-order chi connectivity index (χ1) is 11.9. The van der Waals surface area contributed by atoms with Gasteiger partial charge in [-0.3, -0.25) is 4.90 Å². The van der Waals surface area contributed by atoms with Crippen LogP contribution in [-0.4, -0.2) is 58.5 Å². The number of aliphatic hydroxyl groups is 1. The number of benzene rings is 1. The van der Waals surface area contributed by atoms with Crippen molar-refractivity contribution in [2.75, 3.05) is 26.2 Å². The molecule has 1 amide bonds. The van der Waals surface area contributed by atoms with Crippen molar-refractivity contribution < 1.29 is 19.0 Å². The molecule has 1 atom stereocenters. The zero-order valence-corrected chi connectivity index (χ0v) is 15.0. The first-order valence-corrected chi connectivity index (χ1v) is 9.08. The second kappa shape index (κ2) is 6.92. The zero-order chi connectivity index (χ0) is 18.1. The van der Waals surface area contributed by atoms with E-state index in [1.165, 1.54) is 17.0 Å². The van der Waals surface area contributed by atoms with Crippen molar-refractivity contribution in [3.8, 4) is 0 Å². The Morgan fingerprint density at radius 2 is 1.84 bits per heavy atom. The van der Waals surface area contributed by atoms with Crippen LogP contribution < -0.4 is 0 Å². The van der Waals surface area contributed by atoms with Crippen LogP contribution in [0.25, 0.3) is 0 Å². The van der Waals surface area contributed by atoms with E-state index in [9.17, 15) is 14.3 Å². The molecule has 25 heavy (non-hydrogen) atoms. The molecule has 0 radical (unpaired) electrons. The lowest BCUT2D eigenvalue weighted by Gasteiger charge is -2.44.